The highest BCUT2D eigenvalue weighted by Gasteiger charge is 2.18. The molecule has 0 radical (unpaired) electrons. The molecule has 0 spiro atoms. The minimum atomic E-state index is 0.885. The molecule has 94 valence electrons. The minimum absolute atomic E-state index is 0.885. The van der Waals surface area contributed by atoms with Crippen LogP contribution < -0.4 is 5.32 Å². The van der Waals surface area contributed by atoms with Crippen molar-refractivity contribution in [2.75, 3.05) is 25.5 Å². The van der Waals surface area contributed by atoms with Gasteiger partial charge < -0.3 is 5.32 Å². The smallest absolute Gasteiger partial charge is 0.0564 e. The Kier molecular flexibility index (Phi) is 4.37. The Morgan fingerprint density at radius 3 is 3.18 bits per heavy atom. The molecule has 3 nitrogen and oxygen atoms in total. The SMILES string of the molecule is CCC1CCCN(Cc2cc(NC)ccn2)C1. The van der Waals surface area contributed by atoms with Crippen LogP contribution in [-0.4, -0.2) is 30.0 Å². The van der Waals surface area contributed by atoms with E-state index < -0.39 is 0 Å². The van der Waals surface area contributed by atoms with Gasteiger partial charge in [-0.1, -0.05) is 13.3 Å². The van der Waals surface area contributed by atoms with Gasteiger partial charge in [-0.05, 0) is 37.4 Å². The van der Waals surface area contributed by atoms with Crippen LogP contribution in [0.15, 0.2) is 18.3 Å². The Labute approximate surface area is 104 Å². The van der Waals surface area contributed by atoms with Crippen LogP contribution in [0.5, 0.6) is 0 Å². The van der Waals surface area contributed by atoms with E-state index in [0.29, 0.717) is 0 Å². The topological polar surface area (TPSA) is 28.2 Å². The molecule has 1 N–H and O–H groups in total. The molecule has 0 saturated carbocycles. The molecule has 1 aliphatic heterocycles. The number of hydrogen-bond donors (Lipinski definition) is 1. The largest absolute Gasteiger partial charge is 0.388 e. The second-order valence-electron chi connectivity index (χ2n) is 4.94. The van der Waals surface area contributed by atoms with Gasteiger partial charge in [0, 0.05) is 32.0 Å². The predicted octanol–water partition coefficient (Wildman–Crippen LogP) is 2.75. The summed E-state index contributed by atoms with van der Waals surface area (Å²) in [6.07, 6.45) is 5.93. The van der Waals surface area contributed by atoms with Gasteiger partial charge >= 0.3 is 0 Å². The van der Waals surface area contributed by atoms with Crippen molar-refractivity contribution in [3.63, 3.8) is 0 Å². The Balaban J connectivity index is 1.95. The van der Waals surface area contributed by atoms with Crippen molar-refractivity contribution < 1.29 is 0 Å². The zero-order valence-corrected chi connectivity index (χ0v) is 10.9. The molecule has 1 fully saturated rings. The van der Waals surface area contributed by atoms with Gasteiger partial charge in [-0.3, -0.25) is 9.88 Å². The van der Waals surface area contributed by atoms with Crippen molar-refractivity contribution >= 4 is 5.69 Å². The average molecular weight is 233 g/mol. The monoisotopic (exact) mass is 233 g/mol. The van der Waals surface area contributed by atoms with Crippen molar-refractivity contribution in [3.8, 4) is 0 Å². The highest BCUT2D eigenvalue weighted by atomic mass is 15.1. The molecular weight excluding hydrogens is 210 g/mol. The number of rotatable bonds is 4. The molecule has 2 heterocycles. The van der Waals surface area contributed by atoms with Crippen LogP contribution in [-0.2, 0) is 6.54 Å². The van der Waals surface area contributed by atoms with Gasteiger partial charge in [-0.15, -0.1) is 0 Å². The lowest BCUT2D eigenvalue weighted by molar-refractivity contribution is 0.163. The van der Waals surface area contributed by atoms with Crippen LogP contribution in [0.2, 0.25) is 0 Å². The van der Waals surface area contributed by atoms with E-state index in [2.05, 4.69) is 28.2 Å². The van der Waals surface area contributed by atoms with E-state index in [1.54, 1.807) is 0 Å². The number of anilines is 1. The molecule has 3 heteroatoms. The van der Waals surface area contributed by atoms with Crippen LogP contribution in [0.25, 0.3) is 0 Å². The highest BCUT2D eigenvalue weighted by Crippen LogP contribution is 2.20. The molecule has 0 aromatic carbocycles. The Hall–Kier alpha value is -1.09. The van der Waals surface area contributed by atoms with Gasteiger partial charge in [0.1, 0.15) is 0 Å². The van der Waals surface area contributed by atoms with E-state index >= 15 is 0 Å². The van der Waals surface area contributed by atoms with Crippen molar-refractivity contribution in [1.29, 1.82) is 0 Å². The molecule has 1 atom stereocenters. The van der Waals surface area contributed by atoms with Crippen molar-refractivity contribution in [2.24, 2.45) is 5.92 Å². The summed E-state index contributed by atoms with van der Waals surface area (Å²) in [7, 11) is 1.95. The number of likely N-dealkylation sites (tertiary alicyclic amines) is 1. The Morgan fingerprint density at radius 1 is 1.53 bits per heavy atom. The summed E-state index contributed by atoms with van der Waals surface area (Å²) in [5.74, 6) is 0.885. The van der Waals surface area contributed by atoms with Crippen LogP contribution in [0.4, 0.5) is 5.69 Å². The molecule has 1 saturated heterocycles. The first-order valence-electron chi connectivity index (χ1n) is 6.67. The molecule has 0 bridgehead atoms. The maximum absolute atomic E-state index is 4.45. The Morgan fingerprint density at radius 2 is 2.41 bits per heavy atom. The fourth-order valence-corrected chi connectivity index (χ4v) is 2.58. The number of nitrogens with one attached hydrogen (secondary N) is 1. The zero-order chi connectivity index (χ0) is 12.1. The lowest BCUT2D eigenvalue weighted by atomic mass is 9.95. The molecule has 0 amide bonds. The third-order valence-corrected chi connectivity index (χ3v) is 3.67. The number of hydrogen-bond acceptors (Lipinski definition) is 3. The van der Waals surface area contributed by atoms with Gasteiger partial charge in [-0.2, -0.15) is 0 Å². The van der Waals surface area contributed by atoms with Crippen molar-refractivity contribution in [2.45, 2.75) is 32.7 Å². The first-order chi connectivity index (χ1) is 8.31. The van der Waals surface area contributed by atoms with Gasteiger partial charge in [-0.25, -0.2) is 0 Å². The third-order valence-electron chi connectivity index (χ3n) is 3.67. The number of aromatic nitrogens is 1. The van der Waals surface area contributed by atoms with E-state index in [9.17, 15) is 0 Å². The van der Waals surface area contributed by atoms with E-state index in [-0.39, 0.29) is 0 Å². The summed E-state index contributed by atoms with van der Waals surface area (Å²) in [5, 5.41) is 3.17. The number of pyridine rings is 1. The summed E-state index contributed by atoms with van der Waals surface area (Å²) in [5.41, 5.74) is 2.33. The van der Waals surface area contributed by atoms with Crippen LogP contribution in [0.1, 0.15) is 31.9 Å². The quantitative estimate of drug-likeness (QED) is 0.866. The lowest BCUT2D eigenvalue weighted by Crippen LogP contribution is -2.34. The second-order valence-corrected chi connectivity index (χ2v) is 4.94. The second kappa shape index (κ2) is 6.01. The standard InChI is InChI=1S/C14H23N3/c1-3-12-5-4-8-17(10-12)11-14-9-13(15-2)6-7-16-14/h6-7,9,12H,3-5,8,10-11H2,1-2H3,(H,15,16). The number of nitrogens with zero attached hydrogens (tertiary/aromatic N) is 2. The predicted molar refractivity (Wildman–Crippen MR) is 72.1 cm³/mol. The van der Waals surface area contributed by atoms with Crippen molar-refractivity contribution in [3.05, 3.63) is 24.0 Å². The third kappa shape index (κ3) is 3.43. The van der Waals surface area contributed by atoms with Crippen LogP contribution in [0.3, 0.4) is 0 Å². The summed E-state index contributed by atoms with van der Waals surface area (Å²) in [4.78, 5) is 6.99. The zero-order valence-electron chi connectivity index (χ0n) is 10.9. The first-order valence-corrected chi connectivity index (χ1v) is 6.67. The van der Waals surface area contributed by atoms with Gasteiger partial charge in [0.15, 0.2) is 0 Å². The summed E-state index contributed by atoms with van der Waals surface area (Å²) in [6.45, 7) is 5.75. The summed E-state index contributed by atoms with van der Waals surface area (Å²) < 4.78 is 0. The van der Waals surface area contributed by atoms with Gasteiger partial charge in [0.05, 0.1) is 5.69 Å². The van der Waals surface area contributed by atoms with E-state index in [1.165, 1.54) is 38.0 Å². The first kappa shape index (κ1) is 12.4. The van der Waals surface area contributed by atoms with Gasteiger partial charge in [0.25, 0.3) is 0 Å². The fraction of sp³-hybridized carbons (Fsp3) is 0.643. The average Bonchev–Trinajstić information content (AvgIpc) is 2.39. The lowest BCUT2D eigenvalue weighted by Gasteiger charge is -2.31. The van der Waals surface area contributed by atoms with E-state index in [1.807, 2.05) is 19.3 Å². The fourth-order valence-electron chi connectivity index (χ4n) is 2.58. The van der Waals surface area contributed by atoms with E-state index in [4.69, 9.17) is 0 Å². The maximum Gasteiger partial charge on any atom is 0.0564 e. The molecule has 1 aromatic heterocycles. The molecule has 1 aliphatic rings. The minimum Gasteiger partial charge on any atom is -0.388 e. The summed E-state index contributed by atoms with van der Waals surface area (Å²) in [6, 6.07) is 4.16. The molecule has 2 rings (SSSR count). The number of piperidine rings is 1. The molecular formula is C14H23N3. The normalized spacial score (nSPS) is 21.4. The van der Waals surface area contributed by atoms with Crippen LogP contribution in [0, 0.1) is 5.92 Å². The molecule has 17 heavy (non-hydrogen) atoms. The Bertz CT molecular complexity index is 351. The molecule has 1 aromatic rings. The highest BCUT2D eigenvalue weighted by molar-refractivity contribution is 5.42. The van der Waals surface area contributed by atoms with Crippen LogP contribution >= 0.6 is 0 Å². The molecule has 1 unspecified atom stereocenters. The van der Waals surface area contributed by atoms with Gasteiger partial charge in [0.2, 0.25) is 0 Å². The molecule has 0 aliphatic carbocycles. The summed E-state index contributed by atoms with van der Waals surface area (Å²) >= 11 is 0. The van der Waals surface area contributed by atoms with Crippen molar-refractivity contribution in [1.82, 2.24) is 9.88 Å². The maximum atomic E-state index is 4.45. The van der Waals surface area contributed by atoms with E-state index in [0.717, 1.165) is 18.2 Å².